The first-order valence-electron chi connectivity index (χ1n) is 8.83. The van der Waals surface area contributed by atoms with E-state index in [2.05, 4.69) is 17.0 Å². The van der Waals surface area contributed by atoms with E-state index in [9.17, 15) is 5.11 Å². The van der Waals surface area contributed by atoms with Crippen LogP contribution < -0.4 is 4.74 Å². The van der Waals surface area contributed by atoms with Gasteiger partial charge in [-0.05, 0) is 30.2 Å². The normalized spacial score (nSPS) is 18.4. The van der Waals surface area contributed by atoms with Crippen molar-refractivity contribution in [3.8, 4) is 5.75 Å². The fourth-order valence-electron chi connectivity index (χ4n) is 3.46. The summed E-state index contributed by atoms with van der Waals surface area (Å²) >= 11 is 0. The van der Waals surface area contributed by atoms with Crippen LogP contribution in [0, 0.1) is 0 Å². The molecular weight excluding hydrogens is 350 g/mol. The van der Waals surface area contributed by atoms with Gasteiger partial charge in [0, 0.05) is 25.6 Å². The number of morpholine rings is 1. The van der Waals surface area contributed by atoms with E-state index in [-0.39, 0.29) is 18.3 Å². The number of halogens is 1. The van der Waals surface area contributed by atoms with Crippen molar-refractivity contribution < 1.29 is 14.6 Å². The van der Waals surface area contributed by atoms with Gasteiger partial charge in [-0.3, -0.25) is 4.90 Å². The Morgan fingerprint density at radius 2 is 1.69 bits per heavy atom. The maximum absolute atomic E-state index is 11.5. The van der Waals surface area contributed by atoms with Crippen LogP contribution in [0.1, 0.15) is 24.0 Å². The van der Waals surface area contributed by atoms with Crippen LogP contribution in [-0.2, 0) is 10.3 Å². The number of hydrogen-bond donors (Lipinski definition) is 1. The Bertz CT molecular complexity index is 655. The molecule has 0 bridgehead atoms. The quantitative estimate of drug-likeness (QED) is 0.837. The van der Waals surface area contributed by atoms with Crippen LogP contribution >= 0.6 is 12.4 Å². The van der Waals surface area contributed by atoms with Crippen LogP contribution in [0.25, 0.3) is 0 Å². The van der Waals surface area contributed by atoms with E-state index in [0.29, 0.717) is 0 Å². The molecule has 0 aromatic heterocycles. The number of ether oxygens (including phenoxy) is 2. The average Bonchev–Trinajstić information content (AvgIpc) is 2.67. The predicted molar refractivity (Wildman–Crippen MR) is 106 cm³/mol. The van der Waals surface area contributed by atoms with Gasteiger partial charge in [-0.1, -0.05) is 42.5 Å². The summed E-state index contributed by atoms with van der Waals surface area (Å²) in [6.45, 7) is 6.03. The number of aliphatic hydroxyl groups is 1. The Morgan fingerprint density at radius 3 is 2.27 bits per heavy atom. The second-order valence-corrected chi connectivity index (χ2v) is 6.75. The van der Waals surface area contributed by atoms with Crippen LogP contribution in [0.4, 0.5) is 0 Å². The minimum atomic E-state index is -0.980. The largest absolute Gasteiger partial charge is 0.497 e. The molecule has 4 nitrogen and oxygen atoms in total. The molecular formula is C21H28ClNO3. The van der Waals surface area contributed by atoms with E-state index >= 15 is 0 Å². The van der Waals surface area contributed by atoms with Crippen molar-refractivity contribution >= 4 is 12.4 Å². The second-order valence-electron chi connectivity index (χ2n) is 6.75. The molecule has 0 radical (unpaired) electrons. The maximum atomic E-state index is 11.5. The van der Waals surface area contributed by atoms with Gasteiger partial charge >= 0.3 is 0 Å². The van der Waals surface area contributed by atoms with Crippen LogP contribution in [0.5, 0.6) is 5.75 Å². The van der Waals surface area contributed by atoms with Crippen molar-refractivity contribution in [1.29, 1.82) is 0 Å². The number of methoxy groups -OCH3 is 1. The van der Waals surface area contributed by atoms with E-state index in [1.807, 2.05) is 49.4 Å². The van der Waals surface area contributed by atoms with E-state index in [4.69, 9.17) is 9.47 Å². The molecule has 3 rings (SSSR count). The van der Waals surface area contributed by atoms with Gasteiger partial charge < -0.3 is 14.6 Å². The lowest BCUT2D eigenvalue weighted by Gasteiger charge is -2.38. The van der Waals surface area contributed by atoms with Crippen LogP contribution in [0.3, 0.4) is 0 Å². The summed E-state index contributed by atoms with van der Waals surface area (Å²) in [7, 11) is 1.65. The molecule has 5 heteroatoms. The molecule has 1 aliphatic heterocycles. The van der Waals surface area contributed by atoms with Gasteiger partial charge in [0.25, 0.3) is 0 Å². The maximum Gasteiger partial charge on any atom is 0.118 e. The fraction of sp³-hybridized carbons (Fsp3) is 0.429. The molecule has 1 saturated heterocycles. The lowest BCUT2D eigenvalue weighted by atomic mass is 9.78. The second kappa shape index (κ2) is 9.38. The monoisotopic (exact) mass is 377 g/mol. The molecule has 0 amide bonds. The molecule has 142 valence electrons. The molecule has 2 aromatic rings. The molecule has 1 fully saturated rings. The Kier molecular flexibility index (Phi) is 7.47. The highest BCUT2D eigenvalue weighted by Gasteiger charge is 2.36. The lowest BCUT2D eigenvalue weighted by molar-refractivity contribution is -0.0107. The smallest absolute Gasteiger partial charge is 0.118 e. The molecule has 2 unspecified atom stereocenters. The van der Waals surface area contributed by atoms with Crippen molar-refractivity contribution in [2.24, 2.45) is 0 Å². The predicted octanol–water partition coefficient (Wildman–Crippen LogP) is 3.44. The van der Waals surface area contributed by atoms with E-state index in [1.54, 1.807) is 7.11 Å². The molecule has 0 spiro atoms. The summed E-state index contributed by atoms with van der Waals surface area (Å²) in [6.07, 6.45) is 0. The number of hydrogen-bond acceptors (Lipinski definition) is 4. The summed E-state index contributed by atoms with van der Waals surface area (Å²) in [4.78, 5) is 2.37. The topological polar surface area (TPSA) is 41.9 Å². The number of rotatable bonds is 6. The molecule has 26 heavy (non-hydrogen) atoms. The standard InChI is InChI=1S/C21H27NO3.ClH/c1-21(23,18-8-10-19(24-2)11-9-18)20(17-6-4-3-5-7-17)16-22-12-14-25-15-13-22;/h3-11,20,23H,12-16H2,1-2H3;1H. The Morgan fingerprint density at radius 1 is 1.08 bits per heavy atom. The van der Waals surface area contributed by atoms with E-state index in [0.717, 1.165) is 49.7 Å². The summed E-state index contributed by atoms with van der Waals surface area (Å²) in [5, 5.41) is 11.5. The van der Waals surface area contributed by atoms with Gasteiger partial charge in [-0.2, -0.15) is 0 Å². The van der Waals surface area contributed by atoms with Gasteiger partial charge in [0.2, 0.25) is 0 Å². The molecule has 1 N–H and O–H groups in total. The third kappa shape index (κ3) is 4.77. The first-order chi connectivity index (χ1) is 12.1. The van der Waals surface area contributed by atoms with Gasteiger partial charge in [0.1, 0.15) is 5.75 Å². The van der Waals surface area contributed by atoms with Gasteiger partial charge in [0.05, 0.1) is 25.9 Å². The highest BCUT2D eigenvalue weighted by molar-refractivity contribution is 5.85. The Balaban J connectivity index is 0.00000243. The summed E-state index contributed by atoms with van der Waals surface area (Å²) in [6, 6.07) is 18.0. The zero-order valence-electron chi connectivity index (χ0n) is 15.4. The highest BCUT2D eigenvalue weighted by Crippen LogP contribution is 2.38. The Hall–Kier alpha value is -1.59. The molecule has 2 atom stereocenters. The van der Waals surface area contributed by atoms with Crippen molar-refractivity contribution in [2.45, 2.75) is 18.4 Å². The summed E-state index contributed by atoms with van der Waals surface area (Å²) in [5.74, 6) is 0.768. The zero-order valence-corrected chi connectivity index (χ0v) is 16.2. The number of benzene rings is 2. The fourth-order valence-corrected chi connectivity index (χ4v) is 3.46. The number of nitrogens with zero attached hydrogens (tertiary/aromatic N) is 1. The van der Waals surface area contributed by atoms with E-state index in [1.165, 1.54) is 0 Å². The van der Waals surface area contributed by atoms with Crippen molar-refractivity contribution in [2.75, 3.05) is 40.0 Å². The minimum absolute atomic E-state index is 0. The van der Waals surface area contributed by atoms with Crippen molar-refractivity contribution in [3.63, 3.8) is 0 Å². The van der Waals surface area contributed by atoms with Gasteiger partial charge in [-0.25, -0.2) is 0 Å². The van der Waals surface area contributed by atoms with Gasteiger partial charge in [-0.15, -0.1) is 12.4 Å². The van der Waals surface area contributed by atoms with Crippen molar-refractivity contribution in [3.05, 3.63) is 65.7 Å². The SMILES string of the molecule is COc1ccc(C(C)(O)C(CN2CCOCC2)c2ccccc2)cc1.Cl. The zero-order chi connectivity index (χ0) is 17.7. The Labute approximate surface area is 162 Å². The lowest BCUT2D eigenvalue weighted by Crippen LogP contribution is -2.43. The summed E-state index contributed by atoms with van der Waals surface area (Å²) in [5.41, 5.74) is 1.07. The molecule has 1 heterocycles. The molecule has 2 aromatic carbocycles. The van der Waals surface area contributed by atoms with Crippen LogP contribution in [0.2, 0.25) is 0 Å². The first-order valence-corrected chi connectivity index (χ1v) is 8.83. The minimum Gasteiger partial charge on any atom is -0.497 e. The van der Waals surface area contributed by atoms with E-state index < -0.39 is 5.60 Å². The van der Waals surface area contributed by atoms with Crippen molar-refractivity contribution in [1.82, 2.24) is 4.90 Å². The molecule has 1 aliphatic rings. The van der Waals surface area contributed by atoms with Gasteiger partial charge in [0.15, 0.2) is 0 Å². The summed E-state index contributed by atoms with van der Waals surface area (Å²) < 4.78 is 10.7. The highest BCUT2D eigenvalue weighted by atomic mass is 35.5. The average molecular weight is 378 g/mol. The third-order valence-corrected chi connectivity index (χ3v) is 5.10. The third-order valence-electron chi connectivity index (χ3n) is 5.10. The molecule has 0 aliphatic carbocycles. The van der Waals surface area contributed by atoms with Crippen LogP contribution in [0.15, 0.2) is 54.6 Å². The van der Waals surface area contributed by atoms with Crippen LogP contribution in [-0.4, -0.2) is 50.0 Å². The first kappa shape index (κ1) is 20.7. The molecule has 0 saturated carbocycles.